The van der Waals surface area contributed by atoms with Crippen LogP contribution in [0.1, 0.15) is 5.56 Å². The van der Waals surface area contributed by atoms with Gasteiger partial charge in [-0.25, -0.2) is 4.79 Å². The van der Waals surface area contributed by atoms with Crippen molar-refractivity contribution < 1.29 is 14.7 Å². The van der Waals surface area contributed by atoms with Crippen LogP contribution >= 0.6 is 0 Å². The summed E-state index contributed by atoms with van der Waals surface area (Å²) in [5, 5.41) is 19.7. The molecule has 0 aliphatic rings. The molecular weight excluding hydrogens is 256 g/mol. The first-order valence-corrected chi connectivity index (χ1v) is 5.66. The molecule has 0 atom stereocenters. The van der Waals surface area contributed by atoms with Gasteiger partial charge in [-0.1, -0.05) is 36.4 Å². The van der Waals surface area contributed by atoms with Crippen LogP contribution in [0.3, 0.4) is 0 Å². The van der Waals surface area contributed by atoms with Crippen LogP contribution in [0.5, 0.6) is 0 Å². The topological polar surface area (TPSA) is 90.2 Å². The van der Waals surface area contributed by atoms with Crippen molar-refractivity contribution in [2.75, 3.05) is 5.32 Å². The second-order valence-corrected chi connectivity index (χ2v) is 3.63. The van der Waals surface area contributed by atoms with E-state index in [0.29, 0.717) is 12.1 Å². The fourth-order valence-electron chi connectivity index (χ4n) is 1.30. The quantitative estimate of drug-likeness (QED) is 0.358. The average molecular weight is 268 g/mol. The second kappa shape index (κ2) is 8.06. The lowest BCUT2D eigenvalue weighted by Crippen LogP contribution is -1.96. The van der Waals surface area contributed by atoms with E-state index < -0.39 is 5.97 Å². The third-order valence-electron chi connectivity index (χ3n) is 2.26. The SMILES string of the molecule is N#CC(=CC=CC=Cc1ccc(NC=O)cc1)C(=O)O. The fourth-order valence-corrected chi connectivity index (χ4v) is 1.30. The van der Waals surface area contributed by atoms with Crippen LogP contribution in [0.4, 0.5) is 5.69 Å². The molecule has 0 aromatic heterocycles. The van der Waals surface area contributed by atoms with Gasteiger partial charge in [0.2, 0.25) is 6.41 Å². The Kier molecular flexibility index (Phi) is 6.01. The minimum absolute atomic E-state index is 0.320. The predicted octanol–water partition coefficient (Wildman–Crippen LogP) is 2.36. The van der Waals surface area contributed by atoms with Gasteiger partial charge >= 0.3 is 5.97 Å². The number of carbonyl (C=O) groups excluding carboxylic acids is 1. The highest BCUT2D eigenvalue weighted by atomic mass is 16.4. The number of aliphatic carboxylic acids is 1. The number of hydrogen-bond acceptors (Lipinski definition) is 3. The molecule has 0 spiro atoms. The molecule has 2 N–H and O–H groups in total. The molecule has 20 heavy (non-hydrogen) atoms. The zero-order valence-corrected chi connectivity index (χ0v) is 10.5. The molecule has 0 aliphatic heterocycles. The van der Waals surface area contributed by atoms with Crippen LogP contribution in [0.25, 0.3) is 6.08 Å². The third kappa shape index (κ3) is 5.02. The van der Waals surface area contributed by atoms with Crippen LogP contribution in [0.15, 0.2) is 54.1 Å². The maximum atomic E-state index is 10.5. The molecule has 1 rings (SSSR count). The minimum atomic E-state index is -1.25. The summed E-state index contributed by atoms with van der Waals surface area (Å²) in [7, 11) is 0. The van der Waals surface area contributed by atoms with Gasteiger partial charge in [-0.3, -0.25) is 4.79 Å². The monoisotopic (exact) mass is 268 g/mol. The molecule has 0 saturated heterocycles. The third-order valence-corrected chi connectivity index (χ3v) is 2.26. The van der Waals surface area contributed by atoms with Gasteiger partial charge in [0.15, 0.2) is 0 Å². The lowest BCUT2D eigenvalue weighted by Gasteiger charge is -1.97. The molecule has 0 aliphatic carbocycles. The van der Waals surface area contributed by atoms with Gasteiger partial charge in [0.1, 0.15) is 11.6 Å². The van der Waals surface area contributed by atoms with Crippen molar-refractivity contribution in [3.63, 3.8) is 0 Å². The van der Waals surface area contributed by atoms with E-state index >= 15 is 0 Å². The number of nitriles is 1. The number of allylic oxidation sites excluding steroid dienone is 4. The number of carboxylic acids is 1. The van der Waals surface area contributed by atoms with Crippen LogP contribution in [0.2, 0.25) is 0 Å². The number of amides is 1. The van der Waals surface area contributed by atoms with Gasteiger partial charge in [0.25, 0.3) is 0 Å². The second-order valence-electron chi connectivity index (χ2n) is 3.63. The van der Waals surface area contributed by atoms with Crippen LogP contribution in [0, 0.1) is 11.3 Å². The number of carbonyl (C=O) groups is 2. The smallest absolute Gasteiger partial charge is 0.346 e. The molecule has 1 aromatic rings. The molecule has 0 saturated carbocycles. The number of benzene rings is 1. The van der Waals surface area contributed by atoms with Crippen molar-refractivity contribution in [2.24, 2.45) is 0 Å². The largest absolute Gasteiger partial charge is 0.477 e. The zero-order chi connectivity index (χ0) is 14.8. The molecule has 0 heterocycles. The molecule has 0 unspecified atom stereocenters. The Bertz CT molecular complexity index is 605. The molecule has 100 valence electrons. The minimum Gasteiger partial charge on any atom is -0.477 e. The summed E-state index contributed by atoms with van der Waals surface area (Å²) in [5.41, 5.74) is 1.31. The normalized spacial score (nSPS) is 11.4. The van der Waals surface area contributed by atoms with Crippen molar-refractivity contribution in [1.82, 2.24) is 0 Å². The van der Waals surface area contributed by atoms with Gasteiger partial charge < -0.3 is 10.4 Å². The Morgan fingerprint density at radius 3 is 2.45 bits per heavy atom. The van der Waals surface area contributed by atoms with Crippen LogP contribution < -0.4 is 5.32 Å². The van der Waals surface area contributed by atoms with E-state index in [9.17, 15) is 9.59 Å². The summed E-state index contributed by atoms with van der Waals surface area (Å²) in [6.07, 6.45) is 8.46. The number of nitrogens with zero attached hydrogens (tertiary/aromatic N) is 1. The standard InChI is InChI=1S/C15H12N2O3/c16-10-13(15(19)20)5-3-1-2-4-12-6-8-14(9-7-12)17-11-18/h1-9,11H,(H,17,18)(H,19,20). The first-order valence-electron chi connectivity index (χ1n) is 5.66. The summed E-state index contributed by atoms with van der Waals surface area (Å²) in [4.78, 5) is 20.8. The predicted molar refractivity (Wildman–Crippen MR) is 75.6 cm³/mol. The first-order chi connectivity index (χ1) is 9.67. The van der Waals surface area contributed by atoms with Gasteiger partial charge in [-0.05, 0) is 23.8 Å². The molecule has 1 amide bonds. The van der Waals surface area contributed by atoms with Crippen molar-refractivity contribution in [1.29, 1.82) is 5.26 Å². The number of rotatable bonds is 6. The zero-order valence-electron chi connectivity index (χ0n) is 10.5. The summed E-state index contributed by atoms with van der Waals surface area (Å²) < 4.78 is 0. The van der Waals surface area contributed by atoms with Gasteiger partial charge in [0.05, 0.1) is 0 Å². The Morgan fingerprint density at radius 1 is 1.20 bits per heavy atom. The van der Waals surface area contributed by atoms with E-state index in [4.69, 9.17) is 10.4 Å². The van der Waals surface area contributed by atoms with Crippen molar-refractivity contribution >= 4 is 24.1 Å². The number of carboxylic acid groups (broad SMARTS) is 1. The van der Waals surface area contributed by atoms with E-state index in [1.807, 2.05) is 18.2 Å². The Morgan fingerprint density at radius 2 is 1.90 bits per heavy atom. The van der Waals surface area contributed by atoms with Crippen LogP contribution in [-0.2, 0) is 9.59 Å². The van der Waals surface area contributed by atoms with Crippen molar-refractivity contribution in [3.05, 3.63) is 59.7 Å². The maximum Gasteiger partial charge on any atom is 0.346 e. The Hall–Kier alpha value is -3.13. The van der Waals surface area contributed by atoms with Crippen molar-refractivity contribution in [2.45, 2.75) is 0 Å². The lowest BCUT2D eigenvalue weighted by atomic mass is 10.2. The van der Waals surface area contributed by atoms with Crippen molar-refractivity contribution in [3.8, 4) is 6.07 Å². The molecule has 5 heteroatoms. The number of hydrogen-bond donors (Lipinski definition) is 2. The number of nitrogens with one attached hydrogen (secondary N) is 1. The van der Waals surface area contributed by atoms with Gasteiger partial charge in [-0.15, -0.1) is 0 Å². The van der Waals surface area contributed by atoms with E-state index in [2.05, 4.69) is 5.32 Å². The van der Waals surface area contributed by atoms with E-state index in [1.165, 1.54) is 12.2 Å². The summed E-state index contributed by atoms with van der Waals surface area (Å²) >= 11 is 0. The molecule has 0 radical (unpaired) electrons. The van der Waals surface area contributed by atoms with E-state index in [1.54, 1.807) is 30.4 Å². The van der Waals surface area contributed by atoms with E-state index in [-0.39, 0.29) is 5.57 Å². The van der Waals surface area contributed by atoms with Crippen LogP contribution in [-0.4, -0.2) is 17.5 Å². The molecule has 1 aromatic carbocycles. The average Bonchev–Trinajstić information content (AvgIpc) is 2.44. The van der Waals surface area contributed by atoms with Gasteiger partial charge in [0, 0.05) is 5.69 Å². The highest BCUT2D eigenvalue weighted by Gasteiger charge is 2.01. The number of anilines is 1. The Labute approximate surface area is 116 Å². The summed E-state index contributed by atoms with van der Waals surface area (Å²) in [6.45, 7) is 0. The van der Waals surface area contributed by atoms with E-state index in [0.717, 1.165) is 5.56 Å². The maximum absolute atomic E-state index is 10.5. The molecule has 5 nitrogen and oxygen atoms in total. The Balaban J connectivity index is 2.63. The molecular formula is C15H12N2O3. The molecule has 0 fully saturated rings. The fraction of sp³-hybridized carbons (Fsp3) is 0. The first kappa shape index (κ1) is 14.9. The highest BCUT2D eigenvalue weighted by molar-refractivity contribution is 5.91. The summed E-state index contributed by atoms with van der Waals surface area (Å²) in [6, 6.07) is 8.75. The van der Waals surface area contributed by atoms with Gasteiger partial charge in [-0.2, -0.15) is 5.26 Å². The highest BCUT2D eigenvalue weighted by Crippen LogP contribution is 2.09. The molecule has 0 bridgehead atoms. The summed E-state index contributed by atoms with van der Waals surface area (Å²) in [5.74, 6) is -1.25. The lowest BCUT2D eigenvalue weighted by molar-refractivity contribution is -0.132.